The molecule has 3 heterocycles. The highest BCUT2D eigenvalue weighted by Gasteiger charge is 2.24. The Morgan fingerprint density at radius 2 is 2.00 bits per heavy atom. The Hall–Kier alpha value is -3.49. The molecule has 7 nitrogen and oxygen atoms in total. The zero-order valence-corrected chi connectivity index (χ0v) is 20.8. The first kappa shape index (κ1) is 24.2. The number of ketones is 1. The van der Waals surface area contributed by atoms with Gasteiger partial charge in [0.15, 0.2) is 17.3 Å². The van der Waals surface area contributed by atoms with Gasteiger partial charge in [0.2, 0.25) is 0 Å². The van der Waals surface area contributed by atoms with Crippen molar-refractivity contribution in [3.8, 4) is 16.9 Å². The number of aromatic nitrogens is 1. The second kappa shape index (κ2) is 9.87. The van der Waals surface area contributed by atoms with Gasteiger partial charge in [-0.15, -0.1) is 0 Å². The van der Waals surface area contributed by atoms with Gasteiger partial charge in [0.25, 0.3) is 0 Å². The van der Waals surface area contributed by atoms with Gasteiger partial charge in [-0.3, -0.25) is 14.8 Å². The van der Waals surface area contributed by atoms with Crippen molar-refractivity contribution in [2.45, 2.75) is 25.9 Å². The number of pyridine rings is 1. The maximum Gasteiger partial charge on any atom is 0.170 e. The lowest BCUT2D eigenvalue weighted by Gasteiger charge is -2.33. The zero-order chi connectivity index (χ0) is 25.4. The smallest absolute Gasteiger partial charge is 0.170 e. The molecule has 36 heavy (non-hydrogen) atoms. The van der Waals surface area contributed by atoms with Crippen molar-refractivity contribution in [2.24, 2.45) is 4.99 Å². The van der Waals surface area contributed by atoms with Crippen molar-refractivity contribution in [3.63, 3.8) is 0 Å². The number of piperazine rings is 1. The van der Waals surface area contributed by atoms with Crippen molar-refractivity contribution in [2.75, 3.05) is 31.5 Å². The molecule has 0 amide bonds. The Balaban J connectivity index is 1.52. The lowest BCUT2D eigenvalue weighted by Crippen LogP contribution is -2.47. The molecular weight excluding hydrogens is 481 g/mol. The van der Waals surface area contributed by atoms with Gasteiger partial charge in [0.05, 0.1) is 33.9 Å². The number of carbonyl (C=O) groups excluding carboxylic acids is 1. The van der Waals surface area contributed by atoms with E-state index < -0.39 is 11.6 Å². The molecule has 0 spiro atoms. The fraction of sp³-hybridized carbons (Fsp3) is 0.296. The Morgan fingerprint density at radius 3 is 2.69 bits per heavy atom. The van der Waals surface area contributed by atoms with E-state index in [2.05, 4.69) is 26.6 Å². The number of hydrogen-bond acceptors (Lipinski definition) is 7. The lowest BCUT2D eigenvalue weighted by molar-refractivity contribution is 0.101. The summed E-state index contributed by atoms with van der Waals surface area (Å²) in [6.07, 6.45) is 5.70. The average molecular weight is 508 g/mol. The number of aliphatic imine (C=N–C) groups is 1. The van der Waals surface area contributed by atoms with Crippen LogP contribution in [0, 0.1) is 5.82 Å². The topological polar surface area (TPSA) is 89.8 Å². The molecule has 2 atom stereocenters. The molecule has 0 radical (unpaired) electrons. The summed E-state index contributed by atoms with van der Waals surface area (Å²) >= 11 is 6.01. The quantitative estimate of drug-likeness (QED) is 0.446. The molecule has 5 rings (SSSR count). The molecule has 1 saturated heterocycles. The largest absolute Gasteiger partial charge is 0.504 e. The molecule has 0 saturated carbocycles. The van der Waals surface area contributed by atoms with Crippen molar-refractivity contribution in [1.29, 1.82) is 0 Å². The number of benzene rings is 2. The number of Topliss-reactive ketones (excluding diaryl/α,β-unsaturated/α-hetero) is 1. The Kier molecular flexibility index (Phi) is 6.64. The molecule has 186 valence electrons. The van der Waals surface area contributed by atoms with Gasteiger partial charge < -0.3 is 20.6 Å². The van der Waals surface area contributed by atoms with Crippen LogP contribution < -0.4 is 10.6 Å². The summed E-state index contributed by atoms with van der Waals surface area (Å²) in [5.74, 6) is -0.524. The molecule has 2 aliphatic heterocycles. The van der Waals surface area contributed by atoms with Gasteiger partial charge in [0, 0.05) is 37.8 Å². The third-order valence-corrected chi connectivity index (χ3v) is 6.95. The number of nitrogens with one attached hydrogen (secondary N) is 2. The summed E-state index contributed by atoms with van der Waals surface area (Å²) < 4.78 is 14.2. The van der Waals surface area contributed by atoms with E-state index >= 15 is 0 Å². The number of amidine groups is 1. The normalized spacial score (nSPS) is 19.9. The van der Waals surface area contributed by atoms with Crippen LogP contribution in [0.25, 0.3) is 22.0 Å². The second-order valence-corrected chi connectivity index (χ2v) is 9.52. The molecule has 0 aliphatic carbocycles. The number of rotatable bonds is 4. The highest BCUT2D eigenvalue weighted by atomic mass is 35.5. The molecule has 2 unspecified atom stereocenters. The Morgan fingerprint density at radius 1 is 1.22 bits per heavy atom. The second-order valence-electron chi connectivity index (χ2n) is 9.12. The first-order chi connectivity index (χ1) is 17.3. The van der Waals surface area contributed by atoms with Crippen LogP contribution in [-0.4, -0.2) is 64.9 Å². The van der Waals surface area contributed by atoms with E-state index in [9.17, 15) is 14.3 Å². The van der Waals surface area contributed by atoms with Crippen LogP contribution in [-0.2, 0) is 0 Å². The van der Waals surface area contributed by atoms with Crippen LogP contribution in [0.2, 0.25) is 5.02 Å². The number of fused-ring (bicyclic) bond motifs is 1. The van der Waals surface area contributed by atoms with E-state index in [0.29, 0.717) is 27.9 Å². The third-order valence-electron chi connectivity index (χ3n) is 6.66. The predicted octanol–water partition coefficient (Wildman–Crippen LogP) is 4.65. The van der Waals surface area contributed by atoms with Gasteiger partial charge in [-0.2, -0.15) is 0 Å². The third kappa shape index (κ3) is 4.66. The molecule has 3 N–H and O–H groups in total. The van der Waals surface area contributed by atoms with Crippen LogP contribution in [0.15, 0.2) is 53.7 Å². The monoisotopic (exact) mass is 507 g/mol. The van der Waals surface area contributed by atoms with Gasteiger partial charge >= 0.3 is 0 Å². The Labute approximate surface area is 213 Å². The molecule has 0 bridgehead atoms. The van der Waals surface area contributed by atoms with E-state index in [1.807, 2.05) is 31.2 Å². The van der Waals surface area contributed by atoms with Crippen molar-refractivity contribution < 1.29 is 14.3 Å². The number of phenols is 1. The number of halogens is 2. The SMILES string of the molecule is CC(=O)c1cnc2ccc(-c3cc(F)c(O)c(Cl)c3)cc2c1NC1C=CC(N2CCNCC2)=NC1C. The zero-order valence-electron chi connectivity index (χ0n) is 20.1. The molecular formula is C27H27ClFN5O2. The van der Waals surface area contributed by atoms with Gasteiger partial charge in [-0.25, -0.2) is 4.39 Å². The Bertz CT molecular complexity index is 1380. The standard InChI is InChI=1S/C27H27ClFN5O2/c1-15-23(5-6-25(32-15)34-9-7-30-8-10-34)33-26-19-11-17(18-12-21(28)27(36)22(29)13-18)3-4-24(19)31-14-20(26)16(2)35/h3-6,11-15,23,30,36H,7-10H2,1-2H3,(H,31,33). The molecule has 2 aromatic carbocycles. The highest BCUT2D eigenvalue weighted by molar-refractivity contribution is 6.32. The minimum absolute atomic E-state index is 0.0592. The van der Waals surface area contributed by atoms with Crippen molar-refractivity contribution in [3.05, 3.63) is 65.1 Å². The first-order valence-corrected chi connectivity index (χ1v) is 12.3. The number of anilines is 1. The number of phenolic OH excluding ortho intramolecular Hbond substituents is 1. The summed E-state index contributed by atoms with van der Waals surface area (Å²) in [5.41, 5.74) is 3.00. The first-order valence-electron chi connectivity index (χ1n) is 11.9. The highest BCUT2D eigenvalue weighted by Crippen LogP contribution is 2.36. The van der Waals surface area contributed by atoms with Crippen LogP contribution in [0.4, 0.5) is 10.1 Å². The maximum atomic E-state index is 14.2. The van der Waals surface area contributed by atoms with Crippen LogP contribution in [0.5, 0.6) is 5.75 Å². The number of carbonyl (C=O) groups is 1. The number of hydrogen-bond donors (Lipinski definition) is 3. The van der Waals surface area contributed by atoms with Crippen molar-refractivity contribution >= 4 is 39.8 Å². The van der Waals surface area contributed by atoms with Crippen LogP contribution >= 0.6 is 11.6 Å². The van der Waals surface area contributed by atoms with E-state index in [4.69, 9.17) is 16.6 Å². The van der Waals surface area contributed by atoms with Gasteiger partial charge in [0.1, 0.15) is 5.84 Å². The summed E-state index contributed by atoms with van der Waals surface area (Å²) in [6.45, 7) is 7.27. The number of aromatic hydroxyl groups is 1. The molecule has 3 aromatic rings. The molecule has 1 aromatic heterocycles. The van der Waals surface area contributed by atoms with Crippen LogP contribution in [0.1, 0.15) is 24.2 Å². The van der Waals surface area contributed by atoms with Gasteiger partial charge in [-0.05, 0) is 55.3 Å². The summed E-state index contributed by atoms with van der Waals surface area (Å²) in [7, 11) is 0. The fourth-order valence-corrected chi connectivity index (χ4v) is 4.83. The summed E-state index contributed by atoms with van der Waals surface area (Å²) in [5, 5.41) is 17.3. The van der Waals surface area contributed by atoms with Crippen molar-refractivity contribution in [1.82, 2.24) is 15.2 Å². The van der Waals surface area contributed by atoms with E-state index in [-0.39, 0.29) is 22.9 Å². The number of nitrogens with zero attached hydrogens (tertiary/aromatic N) is 3. The summed E-state index contributed by atoms with van der Waals surface area (Å²) in [4.78, 5) is 24.2. The minimum atomic E-state index is -0.800. The molecule has 9 heteroatoms. The van der Waals surface area contributed by atoms with Gasteiger partial charge in [-0.1, -0.05) is 23.7 Å². The molecule has 2 aliphatic rings. The van der Waals surface area contributed by atoms with Crippen LogP contribution in [0.3, 0.4) is 0 Å². The van der Waals surface area contributed by atoms with E-state index in [0.717, 1.165) is 37.4 Å². The molecule has 1 fully saturated rings. The van der Waals surface area contributed by atoms with E-state index in [1.165, 1.54) is 19.1 Å². The summed E-state index contributed by atoms with van der Waals surface area (Å²) in [6, 6.07) is 8.03. The van der Waals surface area contributed by atoms with E-state index in [1.54, 1.807) is 6.20 Å². The lowest BCUT2D eigenvalue weighted by atomic mass is 9.98. The number of dihydropyridines is 1. The fourth-order valence-electron chi connectivity index (χ4n) is 4.63. The minimum Gasteiger partial charge on any atom is -0.504 e. The maximum absolute atomic E-state index is 14.2. The predicted molar refractivity (Wildman–Crippen MR) is 142 cm³/mol. The average Bonchev–Trinajstić information content (AvgIpc) is 2.88.